The second-order valence-electron chi connectivity index (χ2n) is 3.35. The Balaban J connectivity index is 2.43. The van der Waals surface area contributed by atoms with Crippen LogP contribution in [0.2, 0.25) is 0 Å². The molecule has 0 saturated carbocycles. The number of hydrogen-bond acceptors (Lipinski definition) is 2. The van der Waals surface area contributed by atoms with E-state index >= 15 is 0 Å². The normalized spacial score (nSPS) is 9.93. The van der Waals surface area contributed by atoms with Gasteiger partial charge in [0.2, 0.25) is 0 Å². The van der Waals surface area contributed by atoms with Gasteiger partial charge in [0.25, 0.3) is 0 Å². The maximum Gasteiger partial charge on any atom is 0.139 e. The lowest BCUT2D eigenvalue weighted by Crippen LogP contribution is -1.88. The van der Waals surface area contributed by atoms with Gasteiger partial charge in [-0.25, -0.2) is 0 Å². The van der Waals surface area contributed by atoms with Crippen molar-refractivity contribution in [3.8, 4) is 16.9 Å². The number of phenols is 1. The van der Waals surface area contributed by atoms with Gasteiger partial charge in [-0.05, 0) is 23.3 Å². The van der Waals surface area contributed by atoms with Crippen molar-refractivity contribution in [3.05, 3.63) is 48.5 Å². The maximum absolute atomic E-state index is 9.69. The minimum absolute atomic E-state index is 0.277. The lowest BCUT2D eigenvalue weighted by atomic mass is 10.1. The molecule has 0 atom stereocenters. The van der Waals surface area contributed by atoms with E-state index in [1.54, 1.807) is 13.1 Å². The molecular formula is C13H13NO. The third-order valence-electron chi connectivity index (χ3n) is 2.37. The van der Waals surface area contributed by atoms with Crippen molar-refractivity contribution in [1.82, 2.24) is 0 Å². The fraction of sp³-hybridized carbons (Fsp3) is 0.0769. The van der Waals surface area contributed by atoms with Crippen LogP contribution in [0.15, 0.2) is 48.5 Å². The van der Waals surface area contributed by atoms with Gasteiger partial charge >= 0.3 is 0 Å². The summed E-state index contributed by atoms with van der Waals surface area (Å²) in [6, 6.07) is 15.6. The minimum atomic E-state index is 0.277. The maximum atomic E-state index is 9.69. The highest BCUT2D eigenvalue weighted by Crippen LogP contribution is 2.29. The van der Waals surface area contributed by atoms with Crippen molar-refractivity contribution >= 4 is 5.69 Å². The van der Waals surface area contributed by atoms with E-state index in [0.717, 1.165) is 16.8 Å². The first-order chi connectivity index (χ1) is 7.31. The van der Waals surface area contributed by atoms with Crippen LogP contribution < -0.4 is 5.32 Å². The van der Waals surface area contributed by atoms with Crippen molar-refractivity contribution in [2.75, 3.05) is 12.4 Å². The molecule has 0 saturated heterocycles. The van der Waals surface area contributed by atoms with Gasteiger partial charge in [0.05, 0.1) is 5.69 Å². The van der Waals surface area contributed by atoms with Crippen LogP contribution in [0.1, 0.15) is 0 Å². The third kappa shape index (κ3) is 1.94. The summed E-state index contributed by atoms with van der Waals surface area (Å²) in [7, 11) is 1.79. The number of benzene rings is 2. The Morgan fingerprint density at radius 3 is 2.27 bits per heavy atom. The fourth-order valence-corrected chi connectivity index (χ4v) is 1.55. The zero-order valence-corrected chi connectivity index (χ0v) is 8.57. The van der Waals surface area contributed by atoms with E-state index in [1.807, 2.05) is 42.5 Å². The number of aromatic hydroxyl groups is 1. The van der Waals surface area contributed by atoms with Gasteiger partial charge in [-0.1, -0.05) is 36.4 Å². The van der Waals surface area contributed by atoms with E-state index in [1.165, 1.54) is 0 Å². The monoisotopic (exact) mass is 199 g/mol. The number of hydrogen-bond donors (Lipinski definition) is 2. The quantitative estimate of drug-likeness (QED) is 0.728. The Kier molecular flexibility index (Phi) is 2.59. The minimum Gasteiger partial charge on any atom is -0.506 e. The second-order valence-corrected chi connectivity index (χ2v) is 3.35. The zero-order valence-electron chi connectivity index (χ0n) is 8.57. The Labute approximate surface area is 89.2 Å². The molecule has 0 amide bonds. The lowest BCUT2D eigenvalue weighted by molar-refractivity contribution is 0.478. The number of rotatable bonds is 2. The molecule has 2 aromatic rings. The molecule has 0 aliphatic heterocycles. The number of anilines is 1. The van der Waals surface area contributed by atoms with Crippen LogP contribution in [0.3, 0.4) is 0 Å². The van der Waals surface area contributed by atoms with Crippen LogP contribution in [0, 0.1) is 0 Å². The lowest BCUT2D eigenvalue weighted by Gasteiger charge is -2.06. The fourth-order valence-electron chi connectivity index (χ4n) is 1.55. The highest BCUT2D eigenvalue weighted by atomic mass is 16.3. The van der Waals surface area contributed by atoms with Crippen LogP contribution in [0.5, 0.6) is 5.75 Å². The van der Waals surface area contributed by atoms with E-state index in [2.05, 4.69) is 5.32 Å². The highest BCUT2D eigenvalue weighted by molar-refractivity contribution is 5.70. The molecule has 0 aromatic heterocycles. The third-order valence-corrected chi connectivity index (χ3v) is 2.37. The van der Waals surface area contributed by atoms with Gasteiger partial charge in [0, 0.05) is 7.05 Å². The molecule has 0 aliphatic carbocycles. The van der Waals surface area contributed by atoms with E-state index in [0.29, 0.717) is 0 Å². The molecule has 0 fully saturated rings. The Bertz CT molecular complexity index is 451. The first kappa shape index (κ1) is 9.59. The largest absolute Gasteiger partial charge is 0.506 e. The summed E-state index contributed by atoms with van der Waals surface area (Å²) < 4.78 is 0. The molecule has 0 heterocycles. The predicted molar refractivity (Wildman–Crippen MR) is 63.1 cm³/mol. The van der Waals surface area contributed by atoms with E-state index < -0.39 is 0 Å². The van der Waals surface area contributed by atoms with Crippen LogP contribution >= 0.6 is 0 Å². The molecule has 0 bridgehead atoms. The average molecular weight is 199 g/mol. The Morgan fingerprint density at radius 2 is 1.67 bits per heavy atom. The number of phenolic OH excluding ortho intramolecular Hbond substituents is 1. The van der Waals surface area contributed by atoms with Crippen LogP contribution in [-0.2, 0) is 0 Å². The first-order valence-electron chi connectivity index (χ1n) is 4.87. The van der Waals surface area contributed by atoms with Crippen LogP contribution in [0.4, 0.5) is 5.69 Å². The SMILES string of the molecule is CNc1ccc(-c2ccccc2)cc1O. The van der Waals surface area contributed by atoms with Gasteiger partial charge in [-0.15, -0.1) is 0 Å². The molecular weight excluding hydrogens is 186 g/mol. The molecule has 2 aromatic carbocycles. The average Bonchev–Trinajstić information content (AvgIpc) is 2.30. The molecule has 76 valence electrons. The first-order valence-corrected chi connectivity index (χ1v) is 4.87. The van der Waals surface area contributed by atoms with E-state index in [9.17, 15) is 5.11 Å². The summed E-state index contributed by atoms with van der Waals surface area (Å²) >= 11 is 0. The summed E-state index contributed by atoms with van der Waals surface area (Å²) in [5.74, 6) is 0.277. The summed E-state index contributed by atoms with van der Waals surface area (Å²) in [5, 5.41) is 12.6. The second kappa shape index (κ2) is 4.05. The van der Waals surface area contributed by atoms with Gasteiger partial charge < -0.3 is 10.4 Å². The van der Waals surface area contributed by atoms with E-state index in [4.69, 9.17) is 0 Å². The molecule has 2 nitrogen and oxygen atoms in total. The van der Waals surface area contributed by atoms with Crippen molar-refractivity contribution in [3.63, 3.8) is 0 Å². The molecule has 2 rings (SSSR count). The molecule has 15 heavy (non-hydrogen) atoms. The van der Waals surface area contributed by atoms with Gasteiger partial charge in [-0.2, -0.15) is 0 Å². The molecule has 2 N–H and O–H groups in total. The Morgan fingerprint density at radius 1 is 0.933 bits per heavy atom. The van der Waals surface area contributed by atoms with Crippen LogP contribution in [-0.4, -0.2) is 12.2 Å². The van der Waals surface area contributed by atoms with Gasteiger partial charge in [0.15, 0.2) is 0 Å². The van der Waals surface area contributed by atoms with Crippen molar-refractivity contribution in [1.29, 1.82) is 0 Å². The summed E-state index contributed by atoms with van der Waals surface area (Å²) in [6.45, 7) is 0. The van der Waals surface area contributed by atoms with Gasteiger partial charge in [0.1, 0.15) is 5.75 Å². The smallest absolute Gasteiger partial charge is 0.139 e. The van der Waals surface area contributed by atoms with Gasteiger partial charge in [-0.3, -0.25) is 0 Å². The van der Waals surface area contributed by atoms with Crippen molar-refractivity contribution in [2.24, 2.45) is 0 Å². The van der Waals surface area contributed by atoms with Crippen LogP contribution in [0.25, 0.3) is 11.1 Å². The molecule has 0 aliphatic rings. The number of nitrogens with one attached hydrogen (secondary N) is 1. The summed E-state index contributed by atoms with van der Waals surface area (Å²) in [6.07, 6.45) is 0. The topological polar surface area (TPSA) is 32.3 Å². The molecule has 0 spiro atoms. The molecule has 0 unspecified atom stereocenters. The highest BCUT2D eigenvalue weighted by Gasteiger charge is 2.01. The van der Waals surface area contributed by atoms with Crippen molar-refractivity contribution < 1.29 is 5.11 Å². The van der Waals surface area contributed by atoms with E-state index in [-0.39, 0.29) is 5.75 Å². The molecule has 2 heteroatoms. The zero-order chi connectivity index (χ0) is 10.7. The molecule has 0 radical (unpaired) electrons. The van der Waals surface area contributed by atoms with Crippen molar-refractivity contribution in [2.45, 2.75) is 0 Å². The predicted octanol–water partition coefficient (Wildman–Crippen LogP) is 3.10. The standard InChI is InChI=1S/C13H13NO/c1-14-12-8-7-11(9-13(12)15)10-5-3-2-4-6-10/h2-9,14-15H,1H3. The summed E-state index contributed by atoms with van der Waals surface area (Å²) in [5.41, 5.74) is 2.87. The Hall–Kier alpha value is -1.96. The summed E-state index contributed by atoms with van der Waals surface area (Å²) in [4.78, 5) is 0.